The Morgan fingerprint density at radius 3 is 2.40 bits per heavy atom. The molecule has 30 heavy (non-hydrogen) atoms. The third-order valence-corrected chi connectivity index (χ3v) is 5.21. The number of hydrogen-bond acceptors (Lipinski definition) is 5. The van der Waals surface area contributed by atoms with Crippen molar-refractivity contribution in [3.05, 3.63) is 84.2 Å². The zero-order chi connectivity index (χ0) is 20.8. The van der Waals surface area contributed by atoms with Crippen LogP contribution in [-0.4, -0.2) is 24.6 Å². The van der Waals surface area contributed by atoms with Crippen molar-refractivity contribution in [3.8, 4) is 33.9 Å². The van der Waals surface area contributed by atoms with Crippen LogP contribution in [0.25, 0.3) is 22.4 Å². The minimum Gasteiger partial charge on any atom is -0.497 e. The van der Waals surface area contributed by atoms with Crippen LogP contribution in [0.1, 0.15) is 0 Å². The van der Waals surface area contributed by atoms with Crippen molar-refractivity contribution in [3.63, 3.8) is 0 Å². The number of thiazole rings is 1. The van der Waals surface area contributed by atoms with Gasteiger partial charge in [0.15, 0.2) is 11.7 Å². The lowest BCUT2D eigenvalue weighted by Crippen LogP contribution is -2.20. The first-order valence-corrected chi connectivity index (χ1v) is 10.3. The van der Waals surface area contributed by atoms with Gasteiger partial charge in [-0.25, -0.2) is 4.98 Å². The first-order valence-electron chi connectivity index (χ1n) is 9.39. The minimum atomic E-state index is -0.256. The van der Waals surface area contributed by atoms with Gasteiger partial charge in [-0.2, -0.15) is 0 Å². The number of anilines is 1. The number of hydrogen-bond donors (Lipinski definition) is 1. The van der Waals surface area contributed by atoms with Crippen LogP contribution in [0.3, 0.4) is 0 Å². The molecule has 0 radical (unpaired) electrons. The normalized spacial score (nSPS) is 10.4. The third kappa shape index (κ3) is 4.85. The molecule has 0 saturated carbocycles. The topological polar surface area (TPSA) is 60.5 Å². The Morgan fingerprint density at radius 1 is 0.900 bits per heavy atom. The molecule has 4 aromatic rings. The van der Waals surface area contributed by atoms with Gasteiger partial charge >= 0.3 is 0 Å². The number of rotatable bonds is 7. The van der Waals surface area contributed by atoms with Crippen LogP contribution in [0.15, 0.2) is 84.2 Å². The Balaban J connectivity index is 1.32. The van der Waals surface area contributed by atoms with Crippen molar-refractivity contribution in [1.29, 1.82) is 0 Å². The van der Waals surface area contributed by atoms with Gasteiger partial charge in [-0.15, -0.1) is 11.3 Å². The van der Waals surface area contributed by atoms with Crippen LogP contribution in [0.4, 0.5) is 5.13 Å². The third-order valence-electron chi connectivity index (χ3n) is 4.45. The second-order valence-electron chi connectivity index (χ2n) is 6.50. The molecule has 0 aliphatic rings. The number of methoxy groups -OCH3 is 1. The van der Waals surface area contributed by atoms with Crippen LogP contribution in [0, 0.1) is 0 Å². The largest absolute Gasteiger partial charge is 0.497 e. The molecule has 0 spiro atoms. The number of nitrogens with zero attached hydrogens (tertiary/aromatic N) is 1. The SMILES string of the molecule is COc1cccc(-c2csc(NC(=O)COc3ccc(-c4ccccc4)cc3)n2)c1. The minimum absolute atomic E-state index is 0.0846. The summed E-state index contributed by atoms with van der Waals surface area (Å²) in [5, 5.41) is 5.21. The molecule has 1 N–H and O–H groups in total. The summed E-state index contributed by atoms with van der Waals surface area (Å²) in [6, 6.07) is 25.4. The molecule has 1 aromatic heterocycles. The molecule has 4 rings (SSSR count). The summed E-state index contributed by atoms with van der Waals surface area (Å²) in [7, 11) is 1.63. The first-order chi connectivity index (χ1) is 14.7. The lowest BCUT2D eigenvalue weighted by atomic mass is 10.1. The molecule has 0 unspecified atom stereocenters. The number of nitrogens with one attached hydrogen (secondary N) is 1. The quantitative estimate of drug-likeness (QED) is 0.432. The van der Waals surface area contributed by atoms with Gasteiger partial charge in [0.2, 0.25) is 0 Å². The van der Waals surface area contributed by atoms with Crippen molar-refractivity contribution >= 4 is 22.4 Å². The van der Waals surface area contributed by atoms with Crippen LogP contribution < -0.4 is 14.8 Å². The Morgan fingerprint density at radius 2 is 1.63 bits per heavy atom. The highest BCUT2D eigenvalue weighted by molar-refractivity contribution is 7.14. The molecule has 3 aromatic carbocycles. The Labute approximate surface area is 178 Å². The van der Waals surface area contributed by atoms with Crippen LogP contribution >= 0.6 is 11.3 Å². The van der Waals surface area contributed by atoms with Crippen LogP contribution in [0.5, 0.6) is 11.5 Å². The van der Waals surface area contributed by atoms with Crippen molar-refractivity contribution in [2.75, 3.05) is 19.0 Å². The summed E-state index contributed by atoms with van der Waals surface area (Å²) >= 11 is 1.37. The maximum Gasteiger partial charge on any atom is 0.264 e. The van der Waals surface area contributed by atoms with E-state index >= 15 is 0 Å². The Hall–Kier alpha value is -3.64. The van der Waals surface area contributed by atoms with Gasteiger partial charge in [0.05, 0.1) is 12.8 Å². The van der Waals surface area contributed by atoms with E-state index in [2.05, 4.69) is 22.4 Å². The Kier molecular flexibility index (Phi) is 6.06. The first kappa shape index (κ1) is 19.7. The van der Waals surface area contributed by atoms with Gasteiger partial charge < -0.3 is 9.47 Å². The van der Waals surface area contributed by atoms with E-state index in [0.29, 0.717) is 10.9 Å². The fourth-order valence-corrected chi connectivity index (χ4v) is 3.66. The van der Waals surface area contributed by atoms with E-state index < -0.39 is 0 Å². The second kappa shape index (κ2) is 9.24. The fourth-order valence-electron chi connectivity index (χ4n) is 2.92. The van der Waals surface area contributed by atoms with E-state index in [9.17, 15) is 4.79 Å². The van der Waals surface area contributed by atoms with Gasteiger partial charge in [-0.3, -0.25) is 10.1 Å². The smallest absolute Gasteiger partial charge is 0.264 e. The summed E-state index contributed by atoms with van der Waals surface area (Å²) in [6.07, 6.45) is 0. The van der Waals surface area contributed by atoms with Crippen molar-refractivity contribution in [2.24, 2.45) is 0 Å². The van der Waals surface area contributed by atoms with Crippen molar-refractivity contribution in [1.82, 2.24) is 4.98 Å². The molecule has 0 fully saturated rings. The fraction of sp³-hybridized carbons (Fsp3) is 0.0833. The number of carbonyl (C=O) groups excluding carboxylic acids is 1. The highest BCUT2D eigenvalue weighted by Gasteiger charge is 2.10. The molecule has 0 bridgehead atoms. The van der Waals surface area contributed by atoms with E-state index in [1.165, 1.54) is 11.3 Å². The average molecular weight is 417 g/mol. The number of ether oxygens (including phenoxy) is 2. The number of carbonyl (C=O) groups is 1. The van der Waals surface area contributed by atoms with E-state index in [1.54, 1.807) is 7.11 Å². The highest BCUT2D eigenvalue weighted by atomic mass is 32.1. The molecule has 5 nitrogen and oxygen atoms in total. The van der Waals surface area contributed by atoms with E-state index in [1.807, 2.05) is 72.1 Å². The van der Waals surface area contributed by atoms with Gasteiger partial charge in [-0.05, 0) is 35.4 Å². The maximum atomic E-state index is 12.2. The molecular formula is C24H20N2O3S. The molecule has 0 aliphatic carbocycles. The molecule has 0 saturated heterocycles. The number of aromatic nitrogens is 1. The van der Waals surface area contributed by atoms with Gasteiger partial charge in [-0.1, -0.05) is 54.6 Å². The van der Waals surface area contributed by atoms with E-state index in [0.717, 1.165) is 28.1 Å². The molecule has 6 heteroatoms. The molecular weight excluding hydrogens is 396 g/mol. The summed E-state index contributed by atoms with van der Waals surface area (Å²) in [5.41, 5.74) is 3.95. The summed E-state index contributed by atoms with van der Waals surface area (Å²) in [5.74, 6) is 1.15. The maximum absolute atomic E-state index is 12.2. The standard InChI is InChI=1S/C24H20N2O3S/c1-28-21-9-5-8-19(14-21)22-16-30-24(25-22)26-23(27)15-29-20-12-10-18(11-13-20)17-6-3-2-4-7-17/h2-14,16H,15H2,1H3,(H,25,26,27). The van der Waals surface area contributed by atoms with Crippen molar-refractivity contribution in [2.45, 2.75) is 0 Å². The van der Waals surface area contributed by atoms with E-state index in [-0.39, 0.29) is 12.5 Å². The monoisotopic (exact) mass is 416 g/mol. The van der Waals surface area contributed by atoms with E-state index in [4.69, 9.17) is 9.47 Å². The number of amides is 1. The van der Waals surface area contributed by atoms with Gasteiger partial charge in [0, 0.05) is 10.9 Å². The predicted octanol–water partition coefficient (Wildman–Crippen LogP) is 5.50. The molecule has 1 amide bonds. The zero-order valence-electron chi connectivity index (χ0n) is 16.4. The van der Waals surface area contributed by atoms with Crippen LogP contribution in [-0.2, 0) is 4.79 Å². The van der Waals surface area contributed by atoms with Crippen LogP contribution in [0.2, 0.25) is 0 Å². The van der Waals surface area contributed by atoms with Gasteiger partial charge in [0.25, 0.3) is 5.91 Å². The highest BCUT2D eigenvalue weighted by Crippen LogP contribution is 2.27. The average Bonchev–Trinajstić information content (AvgIpc) is 3.27. The van der Waals surface area contributed by atoms with Gasteiger partial charge in [0.1, 0.15) is 11.5 Å². The molecule has 1 heterocycles. The second-order valence-corrected chi connectivity index (χ2v) is 7.36. The summed E-state index contributed by atoms with van der Waals surface area (Å²) < 4.78 is 10.8. The summed E-state index contributed by atoms with van der Waals surface area (Å²) in [4.78, 5) is 16.7. The molecule has 0 aliphatic heterocycles. The lowest BCUT2D eigenvalue weighted by Gasteiger charge is -2.07. The molecule has 150 valence electrons. The van der Waals surface area contributed by atoms with Crippen molar-refractivity contribution < 1.29 is 14.3 Å². The summed E-state index contributed by atoms with van der Waals surface area (Å²) in [6.45, 7) is -0.0846. The lowest BCUT2D eigenvalue weighted by molar-refractivity contribution is -0.118. The Bertz CT molecular complexity index is 1120. The molecule has 0 atom stereocenters. The predicted molar refractivity (Wildman–Crippen MR) is 120 cm³/mol. The zero-order valence-corrected chi connectivity index (χ0v) is 17.2. The number of benzene rings is 3.